The van der Waals surface area contributed by atoms with Gasteiger partial charge in [-0.2, -0.15) is 0 Å². The molecule has 5 heteroatoms. The highest BCUT2D eigenvalue weighted by atomic mass is 16.5. The van der Waals surface area contributed by atoms with Crippen molar-refractivity contribution in [3.63, 3.8) is 0 Å². The van der Waals surface area contributed by atoms with Gasteiger partial charge < -0.3 is 19.5 Å². The summed E-state index contributed by atoms with van der Waals surface area (Å²) in [7, 11) is 1.89. The Bertz CT molecular complexity index is 630. The number of nitrogens with zero attached hydrogens (tertiary/aromatic N) is 1. The van der Waals surface area contributed by atoms with Gasteiger partial charge in [0.1, 0.15) is 5.75 Å². The summed E-state index contributed by atoms with van der Waals surface area (Å²) in [6.45, 7) is 3.62. The summed E-state index contributed by atoms with van der Waals surface area (Å²) < 4.78 is 7.35. The Morgan fingerprint density at radius 2 is 2.10 bits per heavy atom. The number of carboxylic acids is 1. The van der Waals surface area contributed by atoms with E-state index in [0.29, 0.717) is 0 Å². The number of fused-ring (bicyclic) bond motifs is 1. The second-order valence-electron chi connectivity index (χ2n) is 5.18. The standard InChI is InChI=1S/C15H19NO4/c1-9(2)20-14(15(18)19)6-10-8-16(3)13-5-4-11(17)7-12(10)13/h4-5,7-9,14,17H,6H2,1-3H3,(H,18,19). The van der Waals surface area contributed by atoms with Gasteiger partial charge in [0.15, 0.2) is 6.10 Å². The molecule has 0 fully saturated rings. The van der Waals surface area contributed by atoms with E-state index in [0.717, 1.165) is 16.5 Å². The maximum atomic E-state index is 11.3. The predicted octanol–water partition coefficient (Wildman–Crippen LogP) is 2.30. The Morgan fingerprint density at radius 1 is 1.40 bits per heavy atom. The normalized spacial score (nSPS) is 13.0. The second-order valence-corrected chi connectivity index (χ2v) is 5.18. The summed E-state index contributed by atoms with van der Waals surface area (Å²) in [6.07, 6.45) is 1.11. The van der Waals surface area contributed by atoms with Gasteiger partial charge >= 0.3 is 5.97 Å². The van der Waals surface area contributed by atoms with E-state index in [1.165, 1.54) is 0 Å². The van der Waals surface area contributed by atoms with E-state index >= 15 is 0 Å². The molecule has 0 aliphatic carbocycles. The van der Waals surface area contributed by atoms with Gasteiger partial charge in [-0.1, -0.05) is 0 Å². The van der Waals surface area contributed by atoms with Crippen LogP contribution in [0.1, 0.15) is 19.4 Å². The van der Waals surface area contributed by atoms with Crippen molar-refractivity contribution in [1.82, 2.24) is 4.57 Å². The number of hydrogen-bond acceptors (Lipinski definition) is 3. The molecule has 0 aliphatic heterocycles. The number of aromatic hydroxyl groups is 1. The van der Waals surface area contributed by atoms with Crippen molar-refractivity contribution in [2.24, 2.45) is 7.05 Å². The third kappa shape index (κ3) is 2.93. The number of rotatable bonds is 5. The van der Waals surface area contributed by atoms with Crippen LogP contribution in [0.3, 0.4) is 0 Å². The van der Waals surface area contributed by atoms with E-state index in [4.69, 9.17) is 4.74 Å². The van der Waals surface area contributed by atoms with Crippen molar-refractivity contribution in [2.45, 2.75) is 32.5 Å². The van der Waals surface area contributed by atoms with Crippen molar-refractivity contribution in [2.75, 3.05) is 0 Å². The fourth-order valence-corrected chi connectivity index (χ4v) is 2.35. The summed E-state index contributed by atoms with van der Waals surface area (Å²) in [5.74, 6) is -0.808. The van der Waals surface area contributed by atoms with Crippen molar-refractivity contribution < 1.29 is 19.7 Å². The topological polar surface area (TPSA) is 71.7 Å². The van der Waals surface area contributed by atoms with Crippen LogP contribution in [0.25, 0.3) is 10.9 Å². The molecule has 1 heterocycles. The van der Waals surface area contributed by atoms with Crippen LogP contribution in [-0.2, 0) is 23.0 Å². The number of aryl methyl sites for hydroxylation is 1. The van der Waals surface area contributed by atoms with Crippen molar-refractivity contribution in [3.8, 4) is 5.75 Å². The van der Waals surface area contributed by atoms with Crippen LogP contribution in [0.15, 0.2) is 24.4 Å². The van der Waals surface area contributed by atoms with Crippen LogP contribution in [0.2, 0.25) is 0 Å². The highest BCUT2D eigenvalue weighted by Crippen LogP contribution is 2.26. The SMILES string of the molecule is CC(C)OC(Cc1cn(C)c2ccc(O)cc12)C(=O)O. The number of benzene rings is 1. The van der Waals surface area contributed by atoms with Crippen LogP contribution in [0.4, 0.5) is 0 Å². The summed E-state index contributed by atoms with van der Waals surface area (Å²) in [5.41, 5.74) is 1.80. The van der Waals surface area contributed by atoms with Gasteiger partial charge in [0.2, 0.25) is 0 Å². The third-order valence-electron chi connectivity index (χ3n) is 3.17. The molecule has 1 aromatic carbocycles. The average Bonchev–Trinajstić information content (AvgIpc) is 2.64. The minimum absolute atomic E-state index is 0.153. The molecule has 1 unspecified atom stereocenters. The highest BCUT2D eigenvalue weighted by molar-refractivity contribution is 5.86. The summed E-state index contributed by atoms with van der Waals surface area (Å²) in [6, 6.07) is 5.08. The average molecular weight is 277 g/mol. The predicted molar refractivity (Wildman–Crippen MR) is 75.9 cm³/mol. The van der Waals surface area contributed by atoms with Crippen LogP contribution < -0.4 is 0 Å². The number of aliphatic carboxylic acids is 1. The van der Waals surface area contributed by atoms with E-state index in [9.17, 15) is 15.0 Å². The van der Waals surface area contributed by atoms with Crippen LogP contribution in [0, 0.1) is 0 Å². The van der Waals surface area contributed by atoms with Crippen molar-refractivity contribution >= 4 is 16.9 Å². The molecule has 5 nitrogen and oxygen atoms in total. The number of ether oxygens (including phenoxy) is 1. The van der Waals surface area contributed by atoms with E-state index < -0.39 is 12.1 Å². The van der Waals surface area contributed by atoms with Crippen LogP contribution in [-0.4, -0.2) is 33.0 Å². The number of aromatic nitrogens is 1. The van der Waals surface area contributed by atoms with Crippen molar-refractivity contribution in [1.29, 1.82) is 0 Å². The van der Waals surface area contributed by atoms with Gasteiger partial charge in [0.25, 0.3) is 0 Å². The molecule has 0 bridgehead atoms. The first-order valence-electron chi connectivity index (χ1n) is 6.53. The Labute approximate surface area is 117 Å². The van der Waals surface area contributed by atoms with E-state index in [2.05, 4.69) is 0 Å². The Hall–Kier alpha value is -2.01. The molecule has 2 rings (SSSR count). The number of phenolic OH excluding ortho intramolecular Hbond substituents is 1. The molecular weight excluding hydrogens is 258 g/mol. The van der Waals surface area contributed by atoms with Gasteiger partial charge in [-0.25, -0.2) is 4.79 Å². The van der Waals surface area contributed by atoms with Crippen LogP contribution in [0.5, 0.6) is 5.75 Å². The Balaban J connectivity index is 2.37. The summed E-state index contributed by atoms with van der Waals surface area (Å²) in [4.78, 5) is 11.3. The molecule has 20 heavy (non-hydrogen) atoms. The molecule has 108 valence electrons. The van der Waals surface area contributed by atoms with Crippen LogP contribution >= 0.6 is 0 Å². The van der Waals surface area contributed by atoms with Gasteiger partial charge in [0, 0.05) is 30.6 Å². The minimum atomic E-state index is -0.976. The minimum Gasteiger partial charge on any atom is -0.508 e. The van der Waals surface area contributed by atoms with Gasteiger partial charge in [-0.15, -0.1) is 0 Å². The summed E-state index contributed by atoms with van der Waals surface area (Å²) >= 11 is 0. The molecular formula is C15H19NO4. The number of carboxylic acid groups (broad SMARTS) is 1. The zero-order valence-electron chi connectivity index (χ0n) is 11.8. The molecule has 0 spiro atoms. The number of hydrogen-bond donors (Lipinski definition) is 2. The summed E-state index contributed by atoms with van der Waals surface area (Å²) in [5, 5.41) is 19.7. The van der Waals surface area contributed by atoms with E-state index in [1.807, 2.05) is 37.7 Å². The fourth-order valence-electron chi connectivity index (χ4n) is 2.35. The molecule has 0 aliphatic rings. The monoisotopic (exact) mass is 277 g/mol. The van der Waals surface area contributed by atoms with Crippen molar-refractivity contribution in [3.05, 3.63) is 30.0 Å². The lowest BCUT2D eigenvalue weighted by atomic mass is 10.1. The first-order chi connectivity index (χ1) is 9.38. The smallest absolute Gasteiger partial charge is 0.333 e. The highest BCUT2D eigenvalue weighted by Gasteiger charge is 2.22. The molecule has 1 aromatic heterocycles. The lowest BCUT2D eigenvalue weighted by Gasteiger charge is -2.16. The number of carbonyl (C=O) groups is 1. The van der Waals surface area contributed by atoms with Gasteiger partial charge in [-0.05, 0) is 37.6 Å². The number of phenols is 1. The van der Waals surface area contributed by atoms with E-state index in [-0.39, 0.29) is 18.3 Å². The quantitative estimate of drug-likeness (QED) is 0.879. The zero-order chi connectivity index (χ0) is 14.9. The lowest BCUT2D eigenvalue weighted by Crippen LogP contribution is -2.29. The lowest BCUT2D eigenvalue weighted by molar-refractivity contribution is -0.153. The Morgan fingerprint density at radius 3 is 2.70 bits per heavy atom. The first kappa shape index (κ1) is 14.4. The Kier molecular flexibility index (Phi) is 3.99. The molecule has 0 radical (unpaired) electrons. The second kappa shape index (κ2) is 5.54. The fraction of sp³-hybridized carbons (Fsp3) is 0.400. The molecule has 1 atom stereocenters. The molecule has 0 saturated carbocycles. The van der Waals surface area contributed by atoms with E-state index in [1.54, 1.807) is 12.1 Å². The molecule has 2 aromatic rings. The largest absolute Gasteiger partial charge is 0.508 e. The maximum Gasteiger partial charge on any atom is 0.333 e. The zero-order valence-corrected chi connectivity index (χ0v) is 11.8. The molecule has 0 amide bonds. The maximum absolute atomic E-state index is 11.3. The molecule has 2 N–H and O–H groups in total. The third-order valence-corrected chi connectivity index (χ3v) is 3.17. The van der Waals surface area contributed by atoms with Gasteiger partial charge in [-0.3, -0.25) is 0 Å². The first-order valence-corrected chi connectivity index (χ1v) is 6.53. The molecule has 0 saturated heterocycles. The van der Waals surface area contributed by atoms with Gasteiger partial charge in [0.05, 0.1) is 6.10 Å².